The van der Waals surface area contributed by atoms with Crippen LogP contribution in [0.1, 0.15) is 20.3 Å². The Morgan fingerprint density at radius 2 is 2.00 bits per heavy atom. The summed E-state index contributed by atoms with van der Waals surface area (Å²) in [5.41, 5.74) is -0.105. The second-order valence-corrected chi connectivity index (χ2v) is 7.64. The number of carbonyl (C=O) groups is 1. The molecule has 0 aliphatic heterocycles. The van der Waals surface area contributed by atoms with E-state index < -0.39 is 15.9 Å². The molecule has 1 aliphatic rings. The van der Waals surface area contributed by atoms with Crippen molar-refractivity contribution in [1.29, 1.82) is 0 Å². The highest BCUT2D eigenvalue weighted by molar-refractivity contribution is 7.90. The Hall–Kier alpha value is -1.63. The normalized spacial score (nSPS) is 20.3. The number of anilines is 1. The van der Waals surface area contributed by atoms with E-state index in [0.29, 0.717) is 12.2 Å². The maximum absolute atomic E-state index is 12.1. The van der Waals surface area contributed by atoms with Crippen LogP contribution in [0.2, 0.25) is 0 Å². The van der Waals surface area contributed by atoms with Crippen molar-refractivity contribution in [3.63, 3.8) is 0 Å². The minimum atomic E-state index is -3.84. The number of nitrogens with one attached hydrogen (secondary N) is 1. The van der Waals surface area contributed by atoms with E-state index in [1.54, 1.807) is 11.0 Å². The average molecular weight is 297 g/mol. The van der Waals surface area contributed by atoms with Gasteiger partial charge in [-0.05, 0) is 24.0 Å². The molecule has 0 unspecified atom stereocenters. The Morgan fingerprint density at radius 3 is 2.40 bits per heavy atom. The lowest BCUT2D eigenvalue weighted by Gasteiger charge is -2.12. The van der Waals surface area contributed by atoms with Crippen LogP contribution in [0.3, 0.4) is 0 Å². The molecule has 1 heterocycles. The van der Waals surface area contributed by atoms with E-state index in [1.165, 1.54) is 12.3 Å². The van der Waals surface area contributed by atoms with Gasteiger partial charge in [0.15, 0.2) is 0 Å². The fourth-order valence-electron chi connectivity index (χ4n) is 1.97. The summed E-state index contributed by atoms with van der Waals surface area (Å²) in [6, 6.07) is 3.04. The quantitative estimate of drug-likeness (QED) is 0.897. The van der Waals surface area contributed by atoms with Gasteiger partial charge in [-0.1, -0.05) is 13.8 Å². The molecule has 1 aromatic rings. The molecule has 0 aromatic carbocycles. The van der Waals surface area contributed by atoms with Crippen LogP contribution in [0.4, 0.5) is 5.82 Å². The van der Waals surface area contributed by atoms with Crippen LogP contribution in [0.5, 0.6) is 0 Å². The van der Waals surface area contributed by atoms with Crippen molar-refractivity contribution in [2.45, 2.75) is 25.2 Å². The first-order valence-corrected chi connectivity index (χ1v) is 7.82. The topological polar surface area (TPSA) is 79.4 Å². The summed E-state index contributed by atoms with van der Waals surface area (Å²) in [5.74, 6) is -0.0171. The second kappa shape index (κ2) is 4.73. The molecule has 20 heavy (non-hydrogen) atoms. The van der Waals surface area contributed by atoms with Crippen LogP contribution in [0.15, 0.2) is 23.2 Å². The number of carbonyl (C=O) groups excluding carboxylic acids is 1. The lowest BCUT2D eigenvalue weighted by atomic mass is 10.1. The number of hydrogen-bond donors (Lipinski definition) is 1. The van der Waals surface area contributed by atoms with Crippen molar-refractivity contribution in [2.24, 2.45) is 11.3 Å². The highest BCUT2D eigenvalue weighted by Gasteiger charge is 2.51. The number of rotatable bonds is 4. The minimum absolute atomic E-state index is 0.00472. The van der Waals surface area contributed by atoms with E-state index in [4.69, 9.17) is 0 Å². The number of hydrogen-bond acceptors (Lipinski definition) is 5. The van der Waals surface area contributed by atoms with Crippen molar-refractivity contribution in [2.75, 3.05) is 19.0 Å². The molecule has 1 aromatic heterocycles. The molecule has 6 nitrogen and oxygen atoms in total. The summed E-state index contributed by atoms with van der Waals surface area (Å²) < 4.78 is 26.3. The summed E-state index contributed by atoms with van der Waals surface area (Å²) >= 11 is 0. The van der Waals surface area contributed by atoms with Crippen molar-refractivity contribution in [1.82, 2.24) is 9.71 Å². The first-order chi connectivity index (χ1) is 9.13. The van der Waals surface area contributed by atoms with E-state index in [1.807, 2.05) is 27.9 Å². The molecule has 0 bridgehead atoms. The third kappa shape index (κ3) is 2.92. The van der Waals surface area contributed by atoms with Crippen molar-refractivity contribution >= 4 is 21.7 Å². The van der Waals surface area contributed by atoms with Gasteiger partial charge in [0, 0.05) is 26.2 Å². The summed E-state index contributed by atoms with van der Waals surface area (Å²) in [7, 11) is -0.212. The Bertz CT molecular complexity index is 621. The number of sulfonamides is 1. The Kier molecular flexibility index (Phi) is 3.49. The van der Waals surface area contributed by atoms with E-state index in [9.17, 15) is 13.2 Å². The zero-order valence-electron chi connectivity index (χ0n) is 12.0. The van der Waals surface area contributed by atoms with Gasteiger partial charge in [-0.15, -0.1) is 0 Å². The molecule has 1 atom stereocenters. The van der Waals surface area contributed by atoms with E-state index in [0.717, 1.165) is 0 Å². The van der Waals surface area contributed by atoms with Gasteiger partial charge in [-0.2, -0.15) is 0 Å². The number of aromatic nitrogens is 1. The zero-order chi connectivity index (χ0) is 15.1. The summed E-state index contributed by atoms with van der Waals surface area (Å²) in [6.07, 6.45) is 1.97. The predicted molar refractivity (Wildman–Crippen MR) is 75.8 cm³/mol. The smallest absolute Gasteiger partial charge is 0.265 e. The van der Waals surface area contributed by atoms with E-state index in [2.05, 4.69) is 9.71 Å². The molecule has 0 spiro atoms. The zero-order valence-corrected chi connectivity index (χ0v) is 12.9. The van der Waals surface area contributed by atoms with Crippen LogP contribution < -0.4 is 9.62 Å². The Balaban J connectivity index is 2.12. The fraction of sp³-hybridized carbons (Fsp3) is 0.538. The van der Waals surface area contributed by atoms with Gasteiger partial charge in [0.25, 0.3) is 10.0 Å². The maximum Gasteiger partial charge on any atom is 0.265 e. The van der Waals surface area contributed by atoms with Crippen LogP contribution in [0, 0.1) is 11.3 Å². The number of nitrogens with zero attached hydrogens (tertiary/aromatic N) is 2. The van der Waals surface area contributed by atoms with E-state index >= 15 is 0 Å². The number of amides is 1. The minimum Gasteiger partial charge on any atom is -0.363 e. The summed E-state index contributed by atoms with van der Waals surface area (Å²) in [5, 5.41) is 0. The third-order valence-corrected chi connectivity index (χ3v) is 4.89. The van der Waals surface area contributed by atoms with E-state index in [-0.39, 0.29) is 16.2 Å². The van der Waals surface area contributed by atoms with Gasteiger partial charge < -0.3 is 4.90 Å². The Morgan fingerprint density at radius 1 is 1.40 bits per heavy atom. The molecular weight excluding hydrogens is 278 g/mol. The SMILES string of the molecule is CN(C)c1ccc(S(=O)(=O)NC(=O)[C@H]2CC2(C)C)cn1. The van der Waals surface area contributed by atoms with Crippen LogP contribution >= 0.6 is 0 Å². The van der Waals surface area contributed by atoms with Crippen LogP contribution in [-0.4, -0.2) is 33.4 Å². The number of pyridine rings is 1. The van der Waals surface area contributed by atoms with Gasteiger partial charge in [0.2, 0.25) is 5.91 Å². The predicted octanol–water partition coefficient (Wildman–Crippen LogP) is 0.999. The van der Waals surface area contributed by atoms with Gasteiger partial charge >= 0.3 is 0 Å². The second-order valence-electron chi connectivity index (χ2n) is 5.96. The van der Waals surface area contributed by atoms with Gasteiger partial charge in [0.05, 0.1) is 0 Å². The van der Waals surface area contributed by atoms with Crippen molar-refractivity contribution in [3.8, 4) is 0 Å². The summed E-state index contributed by atoms with van der Waals surface area (Å²) in [4.78, 5) is 17.7. The fourth-order valence-corrected chi connectivity index (χ4v) is 2.94. The molecule has 0 saturated heterocycles. The molecule has 1 fully saturated rings. The highest BCUT2D eigenvalue weighted by Crippen LogP contribution is 2.51. The third-order valence-electron chi connectivity index (χ3n) is 3.55. The standard InChI is InChI=1S/C13H19N3O3S/c1-13(2)7-10(13)12(17)15-20(18,19)9-5-6-11(14-8-9)16(3)4/h5-6,8,10H,7H2,1-4H3,(H,15,17)/t10-/m1/s1. The van der Waals surface area contributed by atoms with Crippen molar-refractivity contribution in [3.05, 3.63) is 18.3 Å². The van der Waals surface area contributed by atoms with Gasteiger partial charge in [0.1, 0.15) is 10.7 Å². The largest absolute Gasteiger partial charge is 0.363 e. The molecule has 2 rings (SSSR count). The first kappa shape index (κ1) is 14.8. The molecule has 1 N–H and O–H groups in total. The molecule has 1 aliphatic carbocycles. The molecule has 1 saturated carbocycles. The molecule has 0 radical (unpaired) electrons. The van der Waals surface area contributed by atoms with Crippen LogP contribution in [0.25, 0.3) is 0 Å². The highest BCUT2D eigenvalue weighted by atomic mass is 32.2. The lowest BCUT2D eigenvalue weighted by molar-refractivity contribution is -0.121. The summed E-state index contributed by atoms with van der Waals surface area (Å²) in [6.45, 7) is 3.88. The maximum atomic E-state index is 12.1. The molecule has 1 amide bonds. The van der Waals surface area contributed by atoms with Crippen LogP contribution in [-0.2, 0) is 14.8 Å². The Labute approximate surface area is 119 Å². The average Bonchev–Trinajstić information content (AvgIpc) is 2.98. The van der Waals surface area contributed by atoms with Crippen molar-refractivity contribution < 1.29 is 13.2 Å². The lowest BCUT2D eigenvalue weighted by Crippen LogP contribution is -2.32. The first-order valence-electron chi connectivity index (χ1n) is 6.33. The monoisotopic (exact) mass is 297 g/mol. The molecule has 110 valence electrons. The molecular formula is C13H19N3O3S. The van der Waals surface area contributed by atoms with Gasteiger partial charge in [-0.25, -0.2) is 18.1 Å². The van der Waals surface area contributed by atoms with Gasteiger partial charge in [-0.3, -0.25) is 4.79 Å². The molecule has 7 heteroatoms.